The van der Waals surface area contributed by atoms with E-state index in [1.54, 1.807) is 54.7 Å². The Hall–Kier alpha value is -5.21. The van der Waals surface area contributed by atoms with Crippen molar-refractivity contribution in [3.63, 3.8) is 0 Å². The molecule has 1 aromatic heterocycles. The molecule has 4 aromatic rings. The summed E-state index contributed by atoms with van der Waals surface area (Å²) in [5.74, 6) is -2.77. The molecule has 11 heteroatoms. The minimum absolute atomic E-state index is 0.00155. The molecule has 46 heavy (non-hydrogen) atoms. The van der Waals surface area contributed by atoms with Crippen LogP contribution in [0.3, 0.4) is 0 Å². The summed E-state index contributed by atoms with van der Waals surface area (Å²) >= 11 is 0. The first kappa shape index (κ1) is 32.2. The monoisotopic (exact) mass is 624 g/mol. The van der Waals surface area contributed by atoms with Crippen molar-refractivity contribution in [2.24, 2.45) is 4.99 Å². The molecule has 2 heterocycles. The lowest BCUT2D eigenvalue weighted by atomic mass is 9.99. The molecule has 5 rings (SSSR count). The summed E-state index contributed by atoms with van der Waals surface area (Å²) in [7, 11) is 0. The van der Waals surface area contributed by atoms with Crippen molar-refractivity contribution in [1.29, 1.82) is 10.7 Å². The first-order chi connectivity index (χ1) is 22.3. The molecule has 0 aliphatic carbocycles. The minimum atomic E-state index is -1.17. The first-order valence-corrected chi connectivity index (χ1v) is 15.1. The van der Waals surface area contributed by atoms with E-state index < -0.39 is 18.2 Å². The lowest BCUT2D eigenvalue weighted by Gasteiger charge is -2.11. The maximum absolute atomic E-state index is 15.1. The molecule has 0 spiro atoms. The number of rotatable bonds is 12. The number of nitrogens with zero attached hydrogens (tertiary/aromatic N) is 2. The fourth-order valence-corrected chi connectivity index (χ4v) is 5.57. The van der Waals surface area contributed by atoms with Crippen LogP contribution in [-0.4, -0.2) is 48.1 Å². The summed E-state index contributed by atoms with van der Waals surface area (Å²) < 4.78 is 34.7. The van der Waals surface area contributed by atoms with E-state index in [0.717, 1.165) is 24.9 Å². The Kier molecular flexibility index (Phi) is 10.3. The summed E-state index contributed by atoms with van der Waals surface area (Å²) in [6.07, 6.45) is 4.43. The molecule has 236 valence electrons. The Balaban J connectivity index is 1.29. The number of fused-ring (bicyclic) bond motifs is 1. The van der Waals surface area contributed by atoms with Crippen LogP contribution in [0, 0.1) is 35.3 Å². The van der Waals surface area contributed by atoms with E-state index >= 15 is 4.39 Å². The average Bonchev–Trinajstić information content (AvgIpc) is 3.68. The predicted octanol–water partition coefficient (Wildman–Crippen LogP) is 5.80. The number of Topliss-reactive ketones (excluding diaryl/α,β-unsaturated/α-hetero) is 1. The number of amides is 1. The molecule has 1 aliphatic heterocycles. The van der Waals surface area contributed by atoms with Crippen LogP contribution in [0.5, 0.6) is 5.75 Å². The third kappa shape index (κ3) is 7.35. The van der Waals surface area contributed by atoms with Gasteiger partial charge in [-0.2, -0.15) is 9.65 Å². The van der Waals surface area contributed by atoms with Gasteiger partial charge in [0.2, 0.25) is 11.7 Å². The van der Waals surface area contributed by atoms with Gasteiger partial charge in [-0.05, 0) is 81.1 Å². The largest absolute Gasteiger partial charge is 0.476 e. The number of nitriles is 1. The third-order valence-corrected chi connectivity index (χ3v) is 7.90. The highest BCUT2D eigenvalue weighted by Crippen LogP contribution is 2.33. The van der Waals surface area contributed by atoms with Crippen molar-refractivity contribution < 1.29 is 23.1 Å². The van der Waals surface area contributed by atoms with Gasteiger partial charge in [0.1, 0.15) is 6.07 Å². The Labute approximate surface area is 264 Å². The zero-order chi connectivity index (χ0) is 32.6. The number of nitrogens with one attached hydrogen (secondary N) is 4. The van der Waals surface area contributed by atoms with Gasteiger partial charge < -0.3 is 25.8 Å². The van der Waals surface area contributed by atoms with Gasteiger partial charge in [-0.15, -0.1) is 0 Å². The van der Waals surface area contributed by atoms with E-state index in [4.69, 9.17) is 20.4 Å². The van der Waals surface area contributed by atoms with Gasteiger partial charge in [0.05, 0.1) is 22.6 Å². The van der Waals surface area contributed by atoms with E-state index in [-0.39, 0.29) is 35.5 Å². The number of carbonyl (C=O) groups is 2. The Bertz CT molecular complexity index is 1910. The summed E-state index contributed by atoms with van der Waals surface area (Å²) in [5.41, 5.74) is 3.20. The normalized spacial score (nSPS) is 14.7. The van der Waals surface area contributed by atoms with Crippen LogP contribution in [0.4, 0.5) is 14.5 Å². The van der Waals surface area contributed by atoms with E-state index in [0.29, 0.717) is 58.2 Å². The average molecular weight is 625 g/mol. The van der Waals surface area contributed by atoms with Crippen LogP contribution in [0.1, 0.15) is 48.0 Å². The van der Waals surface area contributed by atoms with Gasteiger partial charge in [-0.25, -0.2) is 9.38 Å². The van der Waals surface area contributed by atoms with Crippen molar-refractivity contribution >= 4 is 34.0 Å². The Morgan fingerprint density at radius 3 is 2.72 bits per heavy atom. The molecule has 9 nitrogen and oxygen atoms in total. The van der Waals surface area contributed by atoms with Gasteiger partial charge in [0, 0.05) is 47.0 Å². The number of aromatic nitrogens is 1. The zero-order valence-corrected chi connectivity index (χ0v) is 25.4. The maximum Gasteiger partial charge on any atom is 0.237 e. The summed E-state index contributed by atoms with van der Waals surface area (Å²) in [6, 6.07) is 16.7. The second-order valence-electron chi connectivity index (χ2n) is 11.1. The molecule has 0 radical (unpaired) electrons. The van der Waals surface area contributed by atoms with Gasteiger partial charge in [0.25, 0.3) is 0 Å². The Morgan fingerprint density at radius 1 is 1.13 bits per heavy atom. The molecule has 1 amide bonds. The molecule has 1 aliphatic rings. The molecular weight excluding hydrogens is 590 g/mol. The highest BCUT2D eigenvalue weighted by Gasteiger charge is 2.21. The number of halogens is 2. The summed E-state index contributed by atoms with van der Waals surface area (Å²) in [6.45, 7) is 2.73. The van der Waals surface area contributed by atoms with Crippen LogP contribution in [0.15, 0.2) is 65.8 Å². The lowest BCUT2D eigenvalue weighted by Crippen LogP contribution is -2.40. The lowest BCUT2D eigenvalue weighted by molar-refractivity contribution is -0.122. The quantitative estimate of drug-likeness (QED) is 0.0896. The third-order valence-electron chi connectivity index (χ3n) is 7.90. The number of hydrogen-bond acceptors (Lipinski definition) is 7. The van der Waals surface area contributed by atoms with Crippen LogP contribution in [0.2, 0.25) is 0 Å². The van der Waals surface area contributed by atoms with Gasteiger partial charge >= 0.3 is 0 Å². The van der Waals surface area contributed by atoms with Gasteiger partial charge in [0.15, 0.2) is 24.0 Å². The zero-order valence-electron chi connectivity index (χ0n) is 25.4. The standard InChI is InChI=1S/C35H34F2N6O3/c1-21-18-23(10-11-24(21)30(44)19-22(39)6-4-16-41-35(45)29-9-5-15-40-29)43-28-8-3-2-7-26-27(20-42-34(26)28)25-12-13-31(46-17-14-38)33(37)32(25)36/h2-3,7-8,10-13,18,20,29,39-40,42H,4-6,9,15-17,19H2,1H3,(H,41,45)/t29-/m0/s1. The fourth-order valence-electron chi connectivity index (χ4n) is 5.57. The van der Waals surface area contributed by atoms with Crippen LogP contribution in [-0.2, 0) is 4.79 Å². The number of aromatic amines is 1. The van der Waals surface area contributed by atoms with Crippen LogP contribution in [0.25, 0.3) is 22.0 Å². The smallest absolute Gasteiger partial charge is 0.237 e. The summed E-state index contributed by atoms with van der Waals surface area (Å²) in [5, 5.41) is 24.2. The van der Waals surface area contributed by atoms with E-state index in [1.165, 1.54) is 12.1 Å². The van der Waals surface area contributed by atoms with Crippen LogP contribution < -0.4 is 20.7 Å². The minimum Gasteiger partial charge on any atom is -0.476 e. The second kappa shape index (κ2) is 14.7. The molecule has 1 fully saturated rings. The van der Waals surface area contributed by atoms with Crippen molar-refractivity contribution in [3.05, 3.63) is 88.9 Å². The molecule has 0 bridgehead atoms. The number of carbonyl (C=O) groups excluding carboxylic acids is 2. The molecule has 3 aromatic carbocycles. The number of hydrogen-bond donors (Lipinski definition) is 4. The van der Waals surface area contributed by atoms with E-state index in [1.807, 2.05) is 6.92 Å². The van der Waals surface area contributed by atoms with Gasteiger partial charge in [-0.1, -0.05) is 18.2 Å². The van der Waals surface area contributed by atoms with Gasteiger partial charge in [-0.3, -0.25) is 9.59 Å². The SMILES string of the molecule is Cc1cc(N=c2ccccc3c(-c4ccc(OCC#N)c(F)c4F)c[nH]c23)ccc1C(=O)CC(=N)CCCNC(=O)[C@@H]1CCCN1. The van der Waals surface area contributed by atoms with Crippen molar-refractivity contribution in [2.75, 3.05) is 19.7 Å². The first-order valence-electron chi connectivity index (χ1n) is 15.1. The fraction of sp³-hybridized carbons (Fsp3) is 0.286. The van der Waals surface area contributed by atoms with Crippen LogP contribution >= 0.6 is 0 Å². The summed E-state index contributed by atoms with van der Waals surface area (Å²) in [4.78, 5) is 33.0. The molecule has 0 unspecified atom stereocenters. The predicted molar refractivity (Wildman–Crippen MR) is 171 cm³/mol. The number of ketones is 1. The molecule has 0 saturated carbocycles. The molecule has 1 atom stereocenters. The topological polar surface area (TPSA) is 143 Å². The van der Waals surface area contributed by atoms with E-state index in [9.17, 15) is 14.0 Å². The van der Waals surface area contributed by atoms with Crippen molar-refractivity contribution in [1.82, 2.24) is 15.6 Å². The second-order valence-corrected chi connectivity index (χ2v) is 11.1. The number of aryl methyl sites for hydroxylation is 1. The Morgan fingerprint density at radius 2 is 1.96 bits per heavy atom. The van der Waals surface area contributed by atoms with Crippen molar-refractivity contribution in [2.45, 2.75) is 45.1 Å². The highest BCUT2D eigenvalue weighted by molar-refractivity contribution is 6.09. The molecule has 4 N–H and O–H groups in total. The number of benzene rings is 2. The highest BCUT2D eigenvalue weighted by atomic mass is 19.2. The molecular formula is C35H34F2N6O3. The van der Waals surface area contributed by atoms with Crippen molar-refractivity contribution in [3.8, 4) is 22.9 Å². The number of H-pyrrole nitrogens is 1. The number of ether oxygens (including phenoxy) is 1. The maximum atomic E-state index is 15.1. The molecule has 1 saturated heterocycles. The van der Waals surface area contributed by atoms with E-state index in [2.05, 4.69) is 15.6 Å².